The lowest BCUT2D eigenvalue weighted by atomic mass is 10.0. The average Bonchev–Trinajstić information content (AvgIpc) is 3.11. The molecular weight excluding hydrogens is 324 g/mol. The third-order valence-corrected chi connectivity index (χ3v) is 4.35. The van der Waals surface area contributed by atoms with E-state index in [9.17, 15) is 4.79 Å². The highest BCUT2D eigenvalue weighted by Crippen LogP contribution is 2.28. The van der Waals surface area contributed by atoms with E-state index < -0.39 is 0 Å². The summed E-state index contributed by atoms with van der Waals surface area (Å²) in [6.45, 7) is 2.54. The second-order valence-corrected chi connectivity index (χ2v) is 6.28. The molecule has 0 amide bonds. The summed E-state index contributed by atoms with van der Waals surface area (Å²) in [5, 5.41) is 0.764. The van der Waals surface area contributed by atoms with Gasteiger partial charge in [-0.05, 0) is 30.7 Å². The minimum Gasteiger partial charge on any atom is -0.489 e. The highest BCUT2D eigenvalue weighted by molar-refractivity contribution is 6.16. The van der Waals surface area contributed by atoms with Crippen molar-refractivity contribution in [2.45, 2.75) is 13.5 Å². The van der Waals surface area contributed by atoms with E-state index in [1.807, 2.05) is 36.4 Å². The monoisotopic (exact) mass is 342 g/mol. The Balaban J connectivity index is 1.60. The van der Waals surface area contributed by atoms with Gasteiger partial charge in [0, 0.05) is 10.9 Å². The molecule has 0 aliphatic heterocycles. The van der Waals surface area contributed by atoms with Gasteiger partial charge in [0.25, 0.3) is 0 Å². The van der Waals surface area contributed by atoms with Crippen molar-refractivity contribution in [2.75, 3.05) is 0 Å². The standard InChI is InChI=1S/C23H18O3/c1-16-7-9-17(10-8-16)14-25-19-11-12-22-20(13-19)21(15-26-22)23(24)18-5-3-2-4-6-18/h2-13,15H,14H2,1H3. The number of furan rings is 1. The lowest BCUT2D eigenvalue weighted by Gasteiger charge is -2.07. The molecule has 1 heterocycles. The molecule has 0 aliphatic rings. The quantitative estimate of drug-likeness (QED) is 0.446. The average molecular weight is 342 g/mol. The van der Waals surface area contributed by atoms with Crippen LogP contribution < -0.4 is 4.74 Å². The number of hydrogen-bond donors (Lipinski definition) is 0. The van der Waals surface area contributed by atoms with Crippen LogP contribution >= 0.6 is 0 Å². The highest BCUT2D eigenvalue weighted by Gasteiger charge is 2.16. The first-order valence-electron chi connectivity index (χ1n) is 8.50. The summed E-state index contributed by atoms with van der Waals surface area (Å²) in [4.78, 5) is 12.7. The first-order chi connectivity index (χ1) is 12.7. The number of fused-ring (bicyclic) bond motifs is 1. The summed E-state index contributed by atoms with van der Waals surface area (Å²) >= 11 is 0. The zero-order valence-electron chi connectivity index (χ0n) is 14.4. The van der Waals surface area contributed by atoms with Crippen LogP contribution in [-0.4, -0.2) is 5.78 Å². The van der Waals surface area contributed by atoms with E-state index in [0.29, 0.717) is 29.1 Å². The number of hydrogen-bond acceptors (Lipinski definition) is 3. The topological polar surface area (TPSA) is 39.4 Å². The molecule has 1 aromatic heterocycles. The number of ketones is 1. The fourth-order valence-corrected chi connectivity index (χ4v) is 2.87. The molecule has 3 heteroatoms. The number of carbonyl (C=O) groups excluding carboxylic acids is 1. The van der Waals surface area contributed by atoms with Crippen LogP contribution in [0.1, 0.15) is 27.0 Å². The molecule has 0 radical (unpaired) electrons. The van der Waals surface area contributed by atoms with E-state index in [2.05, 4.69) is 31.2 Å². The Bertz CT molecular complexity index is 1040. The predicted molar refractivity (Wildman–Crippen MR) is 102 cm³/mol. The molecule has 0 unspecified atom stereocenters. The van der Waals surface area contributed by atoms with Crippen molar-refractivity contribution in [3.8, 4) is 5.75 Å². The van der Waals surface area contributed by atoms with Crippen LogP contribution in [0.4, 0.5) is 0 Å². The SMILES string of the molecule is Cc1ccc(COc2ccc3occ(C(=O)c4ccccc4)c3c2)cc1. The molecule has 26 heavy (non-hydrogen) atoms. The van der Waals surface area contributed by atoms with E-state index in [1.54, 1.807) is 12.1 Å². The van der Waals surface area contributed by atoms with Crippen molar-refractivity contribution in [3.05, 3.63) is 101 Å². The Hall–Kier alpha value is -3.33. The van der Waals surface area contributed by atoms with Crippen molar-refractivity contribution < 1.29 is 13.9 Å². The molecular formula is C23H18O3. The van der Waals surface area contributed by atoms with Crippen LogP contribution in [0.2, 0.25) is 0 Å². The molecule has 0 bridgehead atoms. The van der Waals surface area contributed by atoms with E-state index >= 15 is 0 Å². The Kier molecular flexibility index (Phi) is 4.28. The molecule has 0 atom stereocenters. The number of rotatable bonds is 5. The van der Waals surface area contributed by atoms with E-state index in [1.165, 1.54) is 11.8 Å². The zero-order chi connectivity index (χ0) is 17.9. The molecule has 0 aliphatic carbocycles. The Morgan fingerprint density at radius 2 is 1.73 bits per heavy atom. The minimum atomic E-state index is -0.0555. The second-order valence-electron chi connectivity index (χ2n) is 6.28. The van der Waals surface area contributed by atoms with Crippen LogP contribution in [0.15, 0.2) is 83.5 Å². The maximum atomic E-state index is 12.7. The van der Waals surface area contributed by atoms with Gasteiger partial charge >= 0.3 is 0 Å². The van der Waals surface area contributed by atoms with Gasteiger partial charge in [0.1, 0.15) is 24.2 Å². The molecule has 0 N–H and O–H groups in total. The zero-order valence-corrected chi connectivity index (χ0v) is 14.4. The van der Waals surface area contributed by atoms with E-state index in [0.717, 1.165) is 10.9 Å². The molecule has 3 nitrogen and oxygen atoms in total. The predicted octanol–water partition coefficient (Wildman–Crippen LogP) is 5.55. The number of benzene rings is 3. The third-order valence-electron chi connectivity index (χ3n) is 4.35. The summed E-state index contributed by atoms with van der Waals surface area (Å²) in [7, 11) is 0. The molecule has 4 aromatic rings. The van der Waals surface area contributed by atoms with Gasteiger partial charge in [0.2, 0.25) is 0 Å². The Morgan fingerprint density at radius 1 is 0.962 bits per heavy atom. The number of carbonyl (C=O) groups is 1. The summed E-state index contributed by atoms with van der Waals surface area (Å²) in [5.41, 5.74) is 4.18. The fourth-order valence-electron chi connectivity index (χ4n) is 2.87. The van der Waals surface area contributed by atoms with Crippen molar-refractivity contribution in [1.29, 1.82) is 0 Å². The Labute approximate surface area is 151 Å². The maximum Gasteiger partial charge on any atom is 0.196 e. The minimum absolute atomic E-state index is 0.0555. The number of ether oxygens (including phenoxy) is 1. The van der Waals surface area contributed by atoms with Gasteiger partial charge in [-0.3, -0.25) is 4.79 Å². The van der Waals surface area contributed by atoms with Crippen LogP contribution in [0.5, 0.6) is 5.75 Å². The van der Waals surface area contributed by atoms with Crippen LogP contribution in [-0.2, 0) is 6.61 Å². The van der Waals surface area contributed by atoms with Gasteiger partial charge in [0.05, 0.1) is 5.56 Å². The summed E-state index contributed by atoms with van der Waals surface area (Å²) in [6.07, 6.45) is 1.52. The van der Waals surface area contributed by atoms with Gasteiger partial charge in [-0.2, -0.15) is 0 Å². The van der Waals surface area contributed by atoms with Gasteiger partial charge in [0.15, 0.2) is 5.78 Å². The number of aryl methyl sites for hydroxylation is 1. The second kappa shape index (κ2) is 6.89. The summed E-state index contributed by atoms with van der Waals surface area (Å²) in [6, 6.07) is 23.0. The van der Waals surface area contributed by atoms with Crippen molar-refractivity contribution in [1.82, 2.24) is 0 Å². The van der Waals surface area contributed by atoms with Gasteiger partial charge in [-0.15, -0.1) is 0 Å². The summed E-state index contributed by atoms with van der Waals surface area (Å²) < 4.78 is 11.4. The lowest BCUT2D eigenvalue weighted by molar-refractivity contribution is 0.103. The molecule has 0 fully saturated rings. The third kappa shape index (κ3) is 3.24. The largest absolute Gasteiger partial charge is 0.489 e. The van der Waals surface area contributed by atoms with Crippen LogP contribution in [0.3, 0.4) is 0 Å². The highest BCUT2D eigenvalue weighted by atomic mass is 16.5. The summed E-state index contributed by atoms with van der Waals surface area (Å²) in [5.74, 6) is 0.654. The first-order valence-corrected chi connectivity index (χ1v) is 8.50. The van der Waals surface area contributed by atoms with Crippen molar-refractivity contribution in [3.63, 3.8) is 0 Å². The van der Waals surface area contributed by atoms with Crippen LogP contribution in [0, 0.1) is 6.92 Å². The molecule has 4 rings (SSSR count). The normalized spacial score (nSPS) is 10.8. The van der Waals surface area contributed by atoms with Crippen molar-refractivity contribution >= 4 is 16.8 Å². The van der Waals surface area contributed by atoms with Gasteiger partial charge < -0.3 is 9.15 Å². The fraction of sp³-hybridized carbons (Fsp3) is 0.0870. The van der Waals surface area contributed by atoms with Crippen molar-refractivity contribution in [2.24, 2.45) is 0 Å². The van der Waals surface area contributed by atoms with Gasteiger partial charge in [-0.1, -0.05) is 60.2 Å². The van der Waals surface area contributed by atoms with Crippen LogP contribution in [0.25, 0.3) is 11.0 Å². The lowest BCUT2D eigenvalue weighted by Crippen LogP contribution is -2.00. The maximum absolute atomic E-state index is 12.7. The molecule has 0 spiro atoms. The van der Waals surface area contributed by atoms with Gasteiger partial charge in [-0.25, -0.2) is 0 Å². The molecule has 0 saturated carbocycles. The first kappa shape index (κ1) is 16.2. The van der Waals surface area contributed by atoms with E-state index in [-0.39, 0.29) is 5.78 Å². The Morgan fingerprint density at radius 3 is 2.50 bits per heavy atom. The molecule has 3 aromatic carbocycles. The molecule has 128 valence electrons. The van der Waals surface area contributed by atoms with E-state index in [4.69, 9.17) is 9.15 Å². The molecule has 0 saturated heterocycles. The smallest absolute Gasteiger partial charge is 0.196 e.